The Bertz CT molecular complexity index is 1730. The summed E-state index contributed by atoms with van der Waals surface area (Å²) in [5.41, 5.74) is 9.21. The van der Waals surface area contributed by atoms with E-state index in [2.05, 4.69) is 107 Å². The molecular formula is C38H30N2O2. The van der Waals surface area contributed by atoms with Crippen molar-refractivity contribution in [1.29, 1.82) is 0 Å². The monoisotopic (exact) mass is 546 g/mol. The van der Waals surface area contributed by atoms with E-state index >= 15 is 0 Å². The average Bonchev–Trinajstić information content (AvgIpc) is 3.07. The highest BCUT2D eigenvalue weighted by molar-refractivity contribution is 5.82. The summed E-state index contributed by atoms with van der Waals surface area (Å²) < 4.78 is 5.37. The zero-order chi connectivity index (χ0) is 28.7. The summed E-state index contributed by atoms with van der Waals surface area (Å²) in [5.74, 6) is 0.828. The Kier molecular flexibility index (Phi) is 7.78. The van der Waals surface area contributed by atoms with Crippen molar-refractivity contribution in [3.8, 4) is 16.9 Å². The second-order valence-corrected chi connectivity index (χ2v) is 9.84. The maximum absolute atomic E-state index is 11.2. The van der Waals surface area contributed by atoms with E-state index in [-0.39, 0.29) is 0 Å². The van der Waals surface area contributed by atoms with Crippen LogP contribution in [0.5, 0.6) is 5.75 Å². The number of benzene rings is 6. The number of carbonyl (C=O) groups excluding carboxylic acids is 1. The molecule has 0 aliphatic rings. The molecular weight excluding hydrogens is 516 g/mol. The van der Waals surface area contributed by atoms with Crippen molar-refractivity contribution in [3.05, 3.63) is 163 Å². The van der Waals surface area contributed by atoms with Gasteiger partial charge in [0.25, 0.3) is 0 Å². The standard InChI is InChI=1S/C38H30N2O2/c1-42-38-26-24-37(25-27-38)40(33-10-6-3-7-11-33)36-22-16-31(17-23-36)30-14-20-35(21-15-30)39(32-8-4-2-5-9-32)34-18-12-29(28-41)13-19-34/h2-28H,1H3. The number of hydrogen-bond donors (Lipinski definition) is 0. The Hall–Kier alpha value is -5.61. The number of hydrogen-bond acceptors (Lipinski definition) is 4. The first-order valence-corrected chi connectivity index (χ1v) is 13.8. The Morgan fingerprint density at radius 1 is 0.429 bits per heavy atom. The molecule has 6 rings (SSSR count). The van der Waals surface area contributed by atoms with Gasteiger partial charge in [0.15, 0.2) is 0 Å². The van der Waals surface area contributed by atoms with E-state index < -0.39 is 0 Å². The highest BCUT2D eigenvalue weighted by Gasteiger charge is 2.14. The van der Waals surface area contributed by atoms with Gasteiger partial charge in [0.1, 0.15) is 12.0 Å². The fraction of sp³-hybridized carbons (Fsp3) is 0.0263. The molecule has 0 saturated heterocycles. The summed E-state index contributed by atoms with van der Waals surface area (Å²) in [6.07, 6.45) is 0.868. The van der Waals surface area contributed by atoms with Gasteiger partial charge in [0, 0.05) is 39.7 Å². The molecule has 0 aromatic heterocycles. The number of aldehydes is 1. The predicted octanol–water partition coefficient (Wildman–Crippen LogP) is 10.1. The summed E-state index contributed by atoms with van der Waals surface area (Å²) in [6.45, 7) is 0. The van der Waals surface area contributed by atoms with E-state index in [0.29, 0.717) is 5.56 Å². The molecule has 204 valence electrons. The zero-order valence-corrected chi connectivity index (χ0v) is 23.3. The number of rotatable bonds is 9. The molecule has 0 aliphatic heterocycles. The van der Waals surface area contributed by atoms with E-state index in [1.54, 1.807) is 7.11 Å². The minimum Gasteiger partial charge on any atom is -0.497 e. The molecule has 0 saturated carbocycles. The number of methoxy groups -OCH3 is 1. The molecule has 6 aromatic rings. The third kappa shape index (κ3) is 5.65. The zero-order valence-electron chi connectivity index (χ0n) is 23.3. The molecule has 0 bridgehead atoms. The third-order valence-electron chi connectivity index (χ3n) is 7.23. The average molecular weight is 547 g/mol. The van der Waals surface area contributed by atoms with Crippen LogP contribution in [-0.2, 0) is 0 Å². The van der Waals surface area contributed by atoms with Crippen LogP contribution in [0.15, 0.2) is 158 Å². The molecule has 0 unspecified atom stereocenters. The minimum atomic E-state index is 0.656. The Balaban J connectivity index is 1.30. The van der Waals surface area contributed by atoms with Gasteiger partial charge in [-0.25, -0.2) is 0 Å². The molecule has 0 fully saturated rings. The smallest absolute Gasteiger partial charge is 0.150 e. The van der Waals surface area contributed by atoms with Gasteiger partial charge >= 0.3 is 0 Å². The number of carbonyl (C=O) groups is 1. The van der Waals surface area contributed by atoms with Gasteiger partial charge in [-0.2, -0.15) is 0 Å². The van der Waals surface area contributed by atoms with E-state index in [1.807, 2.05) is 60.7 Å². The van der Waals surface area contributed by atoms with Crippen LogP contribution < -0.4 is 14.5 Å². The van der Waals surface area contributed by atoms with E-state index in [1.165, 1.54) is 0 Å². The van der Waals surface area contributed by atoms with Gasteiger partial charge in [-0.05, 0) is 108 Å². The number of para-hydroxylation sites is 2. The third-order valence-corrected chi connectivity index (χ3v) is 7.23. The quantitative estimate of drug-likeness (QED) is 0.169. The molecule has 4 heteroatoms. The summed E-state index contributed by atoms with van der Waals surface area (Å²) in [5, 5.41) is 0. The second-order valence-electron chi connectivity index (χ2n) is 9.84. The lowest BCUT2D eigenvalue weighted by atomic mass is 10.0. The lowest BCUT2D eigenvalue weighted by Gasteiger charge is -2.26. The lowest BCUT2D eigenvalue weighted by molar-refractivity contribution is 0.112. The van der Waals surface area contributed by atoms with Crippen molar-refractivity contribution in [2.45, 2.75) is 0 Å². The van der Waals surface area contributed by atoms with E-state index in [4.69, 9.17) is 4.74 Å². The van der Waals surface area contributed by atoms with Crippen LogP contribution in [0.1, 0.15) is 10.4 Å². The van der Waals surface area contributed by atoms with Gasteiger partial charge < -0.3 is 14.5 Å². The first-order chi connectivity index (χ1) is 20.7. The molecule has 42 heavy (non-hydrogen) atoms. The van der Waals surface area contributed by atoms with Gasteiger partial charge in [-0.1, -0.05) is 60.7 Å². The van der Waals surface area contributed by atoms with Crippen molar-refractivity contribution < 1.29 is 9.53 Å². The van der Waals surface area contributed by atoms with Gasteiger partial charge in [0.05, 0.1) is 7.11 Å². The van der Waals surface area contributed by atoms with Crippen molar-refractivity contribution in [2.24, 2.45) is 0 Å². The Morgan fingerprint density at radius 2 is 0.762 bits per heavy atom. The van der Waals surface area contributed by atoms with Crippen LogP contribution in [0.2, 0.25) is 0 Å². The normalized spacial score (nSPS) is 10.6. The fourth-order valence-electron chi connectivity index (χ4n) is 5.09. The minimum absolute atomic E-state index is 0.656. The summed E-state index contributed by atoms with van der Waals surface area (Å²) in [4.78, 5) is 15.6. The van der Waals surface area contributed by atoms with Crippen molar-refractivity contribution in [2.75, 3.05) is 16.9 Å². The predicted molar refractivity (Wildman–Crippen MR) is 173 cm³/mol. The summed E-state index contributed by atoms with van der Waals surface area (Å²) in [7, 11) is 1.68. The number of ether oxygens (including phenoxy) is 1. The molecule has 0 heterocycles. The first-order valence-electron chi connectivity index (χ1n) is 13.8. The topological polar surface area (TPSA) is 32.8 Å². The molecule has 0 N–H and O–H groups in total. The largest absolute Gasteiger partial charge is 0.497 e. The number of anilines is 6. The molecule has 0 spiro atoms. The van der Waals surface area contributed by atoms with Crippen LogP contribution in [0.25, 0.3) is 11.1 Å². The van der Waals surface area contributed by atoms with E-state index in [0.717, 1.165) is 57.3 Å². The van der Waals surface area contributed by atoms with Crippen LogP contribution >= 0.6 is 0 Å². The molecule has 6 aromatic carbocycles. The van der Waals surface area contributed by atoms with Crippen LogP contribution in [0.3, 0.4) is 0 Å². The Labute approximate surface area is 246 Å². The van der Waals surface area contributed by atoms with Crippen molar-refractivity contribution in [3.63, 3.8) is 0 Å². The fourth-order valence-corrected chi connectivity index (χ4v) is 5.09. The number of nitrogens with zero attached hydrogens (tertiary/aromatic N) is 2. The lowest BCUT2D eigenvalue weighted by Crippen LogP contribution is -2.10. The highest BCUT2D eigenvalue weighted by atomic mass is 16.5. The maximum atomic E-state index is 11.2. The van der Waals surface area contributed by atoms with E-state index in [9.17, 15) is 4.79 Å². The van der Waals surface area contributed by atoms with Crippen molar-refractivity contribution >= 4 is 40.4 Å². The molecule has 0 aliphatic carbocycles. The molecule has 0 radical (unpaired) electrons. The summed E-state index contributed by atoms with van der Waals surface area (Å²) in [6, 6.07) is 53.6. The Morgan fingerprint density at radius 3 is 1.12 bits per heavy atom. The molecule has 0 atom stereocenters. The highest BCUT2D eigenvalue weighted by Crippen LogP contribution is 2.38. The maximum Gasteiger partial charge on any atom is 0.150 e. The summed E-state index contributed by atoms with van der Waals surface area (Å²) >= 11 is 0. The van der Waals surface area contributed by atoms with Crippen LogP contribution in [0.4, 0.5) is 34.1 Å². The van der Waals surface area contributed by atoms with Crippen LogP contribution in [0, 0.1) is 0 Å². The molecule has 0 amide bonds. The van der Waals surface area contributed by atoms with Gasteiger partial charge in [-0.3, -0.25) is 4.79 Å². The van der Waals surface area contributed by atoms with Gasteiger partial charge in [-0.15, -0.1) is 0 Å². The van der Waals surface area contributed by atoms with Crippen molar-refractivity contribution in [1.82, 2.24) is 0 Å². The van der Waals surface area contributed by atoms with Crippen LogP contribution in [-0.4, -0.2) is 13.4 Å². The molecule has 4 nitrogen and oxygen atoms in total. The van der Waals surface area contributed by atoms with Gasteiger partial charge in [0.2, 0.25) is 0 Å². The first kappa shape index (κ1) is 26.6. The SMILES string of the molecule is COc1ccc(N(c2ccccc2)c2ccc(-c3ccc(N(c4ccccc4)c4ccc(C=O)cc4)cc3)cc2)cc1. The second kappa shape index (κ2) is 12.3.